The number of benzene rings is 2. The zero-order valence-corrected chi connectivity index (χ0v) is 26.5. The first-order chi connectivity index (χ1) is 19.3. The number of carbonyl (C=O) groups excluding carboxylic acids is 1. The molecule has 1 N–H and O–H groups in total. The van der Waals surface area contributed by atoms with Gasteiger partial charge in [0.05, 0.1) is 23.2 Å². The van der Waals surface area contributed by atoms with E-state index in [1.54, 1.807) is 7.11 Å². The smallest absolute Gasteiger partial charge is 0.326 e. The highest BCUT2D eigenvalue weighted by atomic mass is 35.5. The number of aromatic amines is 1. The zero-order chi connectivity index (χ0) is 29.7. The second-order valence-electron chi connectivity index (χ2n) is 13.0. The summed E-state index contributed by atoms with van der Waals surface area (Å²) in [4.78, 5) is 35.3. The van der Waals surface area contributed by atoms with Crippen molar-refractivity contribution < 1.29 is 9.53 Å². The second-order valence-corrected chi connectivity index (χ2v) is 14.6. The molecule has 1 saturated heterocycles. The number of ether oxygens (including phenoxy) is 1. The number of amides is 1. The van der Waals surface area contributed by atoms with E-state index in [0.29, 0.717) is 17.4 Å². The van der Waals surface area contributed by atoms with Crippen LogP contribution in [0.25, 0.3) is 22.3 Å². The summed E-state index contributed by atoms with van der Waals surface area (Å²) in [5.41, 5.74) is 5.06. The summed E-state index contributed by atoms with van der Waals surface area (Å²) in [7, 11) is 1.74. The lowest BCUT2D eigenvalue weighted by Gasteiger charge is -2.31. The van der Waals surface area contributed by atoms with Gasteiger partial charge in [-0.05, 0) is 47.9 Å². The van der Waals surface area contributed by atoms with Crippen molar-refractivity contribution in [1.29, 1.82) is 0 Å². The molecule has 5 rings (SSSR count). The van der Waals surface area contributed by atoms with E-state index in [-0.39, 0.29) is 34.9 Å². The standard InChI is InChI=1S/C32H39ClN4O3S/c1-31(2,3)21-16-20(17-22(27(21)40-7)32(4,5)6)26-28(33)41-29(35-26)19-12-14-36(15-13-19)25(38)18-37-24-11-9-8-10-23(24)34-30(37)39/h8-11,16-17,19H,12-15,18H2,1-7H3,(H,34,39). The number of imidazole rings is 1. The van der Waals surface area contributed by atoms with E-state index < -0.39 is 0 Å². The summed E-state index contributed by atoms with van der Waals surface area (Å²) in [6, 6.07) is 11.8. The van der Waals surface area contributed by atoms with Gasteiger partial charge in [0.2, 0.25) is 5.91 Å². The van der Waals surface area contributed by atoms with Crippen LogP contribution in [-0.4, -0.2) is 45.5 Å². The third-order valence-electron chi connectivity index (χ3n) is 7.96. The van der Waals surface area contributed by atoms with Crippen molar-refractivity contribution in [3.63, 3.8) is 0 Å². The molecule has 1 aliphatic heterocycles. The molecule has 218 valence electrons. The minimum absolute atomic E-state index is 0.0322. The monoisotopic (exact) mass is 594 g/mol. The lowest BCUT2D eigenvalue weighted by molar-refractivity contribution is -0.132. The Hall–Kier alpha value is -3.10. The number of para-hydroxylation sites is 2. The zero-order valence-electron chi connectivity index (χ0n) is 24.9. The van der Waals surface area contributed by atoms with Crippen LogP contribution < -0.4 is 10.4 Å². The maximum atomic E-state index is 13.1. The number of nitrogens with one attached hydrogen (secondary N) is 1. The highest BCUT2D eigenvalue weighted by molar-refractivity contribution is 7.16. The van der Waals surface area contributed by atoms with Gasteiger partial charge >= 0.3 is 5.69 Å². The predicted molar refractivity (Wildman–Crippen MR) is 168 cm³/mol. The molecule has 0 atom stereocenters. The number of rotatable bonds is 5. The minimum Gasteiger partial charge on any atom is -0.496 e. The van der Waals surface area contributed by atoms with Gasteiger partial charge in [-0.3, -0.25) is 9.36 Å². The summed E-state index contributed by atoms with van der Waals surface area (Å²) >= 11 is 8.39. The molecule has 2 aromatic heterocycles. The molecule has 1 amide bonds. The van der Waals surface area contributed by atoms with Crippen LogP contribution >= 0.6 is 22.9 Å². The van der Waals surface area contributed by atoms with Crippen molar-refractivity contribution >= 4 is 39.9 Å². The first kappa shape index (κ1) is 29.4. The van der Waals surface area contributed by atoms with E-state index in [9.17, 15) is 9.59 Å². The predicted octanol–water partition coefficient (Wildman–Crippen LogP) is 7.12. The van der Waals surface area contributed by atoms with Gasteiger partial charge in [-0.25, -0.2) is 9.78 Å². The summed E-state index contributed by atoms with van der Waals surface area (Å²) in [5.74, 6) is 1.11. The van der Waals surface area contributed by atoms with Gasteiger partial charge in [-0.15, -0.1) is 11.3 Å². The van der Waals surface area contributed by atoms with Crippen LogP contribution in [0.15, 0.2) is 41.2 Å². The number of hydrogen-bond acceptors (Lipinski definition) is 5. The quantitative estimate of drug-likeness (QED) is 0.267. The Morgan fingerprint density at radius 3 is 2.27 bits per heavy atom. The number of H-pyrrole nitrogens is 1. The Bertz CT molecular complexity index is 1610. The van der Waals surface area contributed by atoms with Gasteiger partial charge in [0.15, 0.2) is 0 Å². The Morgan fingerprint density at radius 2 is 1.68 bits per heavy atom. The third kappa shape index (κ3) is 5.82. The van der Waals surface area contributed by atoms with Gasteiger partial charge in [0, 0.05) is 35.7 Å². The second kappa shape index (κ2) is 11.0. The van der Waals surface area contributed by atoms with Gasteiger partial charge < -0.3 is 14.6 Å². The molecule has 3 heterocycles. The molecule has 7 nitrogen and oxygen atoms in total. The van der Waals surface area contributed by atoms with Crippen LogP contribution in [0.2, 0.25) is 4.34 Å². The van der Waals surface area contributed by atoms with Gasteiger partial charge in [-0.1, -0.05) is 65.3 Å². The van der Waals surface area contributed by atoms with Crippen LogP contribution in [0.1, 0.15) is 76.4 Å². The van der Waals surface area contributed by atoms with E-state index in [4.69, 9.17) is 21.3 Å². The van der Waals surface area contributed by atoms with Crippen molar-refractivity contribution in [2.45, 2.75) is 77.7 Å². The molecule has 0 spiro atoms. The Morgan fingerprint density at radius 1 is 1.07 bits per heavy atom. The number of halogens is 1. The topological polar surface area (TPSA) is 80.2 Å². The van der Waals surface area contributed by atoms with E-state index >= 15 is 0 Å². The van der Waals surface area contributed by atoms with E-state index in [1.807, 2.05) is 29.2 Å². The number of aromatic nitrogens is 3. The highest BCUT2D eigenvalue weighted by Crippen LogP contribution is 2.45. The molecule has 4 aromatic rings. The Balaban J connectivity index is 1.35. The molecular weight excluding hydrogens is 556 g/mol. The number of nitrogens with zero attached hydrogens (tertiary/aromatic N) is 3. The summed E-state index contributed by atoms with van der Waals surface area (Å²) < 4.78 is 8.14. The van der Waals surface area contributed by atoms with Crippen LogP contribution in [-0.2, 0) is 22.2 Å². The summed E-state index contributed by atoms with van der Waals surface area (Å²) in [6.07, 6.45) is 1.61. The number of fused-ring (bicyclic) bond motifs is 1. The summed E-state index contributed by atoms with van der Waals surface area (Å²) in [6.45, 7) is 14.4. The minimum atomic E-state index is -0.262. The maximum absolute atomic E-state index is 13.1. The normalized spacial score (nSPS) is 15.1. The van der Waals surface area contributed by atoms with Crippen LogP contribution in [0.4, 0.5) is 0 Å². The molecule has 41 heavy (non-hydrogen) atoms. The number of carbonyl (C=O) groups is 1. The number of hydrogen-bond donors (Lipinski definition) is 1. The fourth-order valence-electron chi connectivity index (χ4n) is 5.64. The molecule has 0 aliphatic carbocycles. The molecule has 1 fully saturated rings. The molecule has 0 saturated carbocycles. The molecule has 0 bridgehead atoms. The van der Waals surface area contributed by atoms with E-state index in [1.165, 1.54) is 15.9 Å². The van der Waals surface area contributed by atoms with E-state index in [0.717, 1.165) is 57.0 Å². The Kier molecular flexibility index (Phi) is 7.85. The number of likely N-dealkylation sites (tertiary alicyclic amines) is 1. The first-order valence-corrected chi connectivity index (χ1v) is 15.3. The lowest BCUT2D eigenvalue weighted by atomic mass is 9.78. The van der Waals surface area contributed by atoms with Crippen molar-refractivity contribution in [2.75, 3.05) is 20.2 Å². The first-order valence-electron chi connectivity index (χ1n) is 14.1. The largest absolute Gasteiger partial charge is 0.496 e. The number of methoxy groups -OCH3 is 1. The lowest BCUT2D eigenvalue weighted by Crippen LogP contribution is -2.40. The van der Waals surface area contributed by atoms with Crippen molar-refractivity contribution in [1.82, 2.24) is 19.4 Å². The SMILES string of the molecule is COc1c(C(C)(C)C)cc(-c2nc(C3CCN(C(=O)Cn4c(=O)[nH]c5ccccc54)CC3)sc2Cl)cc1C(C)(C)C. The van der Waals surface area contributed by atoms with Crippen molar-refractivity contribution in [3.8, 4) is 17.0 Å². The number of thiazole rings is 1. The van der Waals surface area contributed by atoms with E-state index in [2.05, 4.69) is 58.7 Å². The molecular formula is C32H39ClN4O3S. The van der Waals surface area contributed by atoms with Crippen LogP contribution in [0.5, 0.6) is 5.75 Å². The summed E-state index contributed by atoms with van der Waals surface area (Å²) in [5, 5.41) is 1.01. The Labute approximate surface area is 250 Å². The molecule has 0 radical (unpaired) electrons. The van der Waals surface area contributed by atoms with Gasteiger partial charge in [0.25, 0.3) is 0 Å². The van der Waals surface area contributed by atoms with Crippen molar-refractivity contribution in [3.05, 3.63) is 67.4 Å². The maximum Gasteiger partial charge on any atom is 0.326 e. The van der Waals surface area contributed by atoms with Gasteiger partial charge in [0.1, 0.15) is 22.3 Å². The van der Waals surface area contributed by atoms with Crippen LogP contribution in [0, 0.1) is 0 Å². The molecule has 2 aromatic carbocycles. The van der Waals surface area contributed by atoms with Crippen LogP contribution in [0.3, 0.4) is 0 Å². The number of piperidine rings is 1. The average Bonchev–Trinajstić information content (AvgIpc) is 3.46. The third-order valence-corrected chi connectivity index (χ3v) is 9.37. The fourth-order valence-corrected chi connectivity index (χ4v) is 7.02. The molecule has 0 unspecified atom stereocenters. The molecule has 9 heteroatoms. The van der Waals surface area contributed by atoms with Crippen molar-refractivity contribution in [2.24, 2.45) is 0 Å². The highest BCUT2D eigenvalue weighted by Gasteiger charge is 2.31. The van der Waals surface area contributed by atoms with Gasteiger partial charge in [-0.2, -0.15) is 0 Å². The molecule has 1 aliphatic rings. The fraction of sp³-hybridized carbons (Fsp3) is 0.469. The average molecular weight is 595 g/mol.